The highest BCUT2D eigenvalue weighted by Crippen LogP contribution is 2.19. The van der Waals surface area contributed by atoms with Crippen LogP contribution in [-0.2, 0) is 35.2 Å². The van der Waals surface area contributed by atoms with Gasteiger partial charge in [-0.3, -0.25) is 24.0 Å². The number of para-hydroxylation sites is 1. The Morgan fingerprint density at radius 1 is 0.795 bits per heavy atom. The number of carbonyl (C=O) groups excluding carboxylic acids is 3. The highest BCUT2D eigenvalue weighted by molar-refractivity contribution is 5.95. The minimum Gasteiger partial charge on any atom is -0.481 e. The first-order valence-corrected chi connectivity index (χ1v) is 11.9. The molecule has 3 amide bonds. The average molecular weight is 550 g/mol. The Bertz CT molecular complexity index is 1210. The second-order valence-corrected chi connectivity index (χ2v) is 8.74. The zero-order chi connectivity index (χ0) is 29.1. The van der Waals surface area contributed by atoms with Crippen LogP contribution in [-0.4, -0.2) is 91.8 Å². The Hall–Kier alpha value is -4.50. The maximum atomic E-state index is 13.2. The normalized spacial score (nSPS) is 14.0. The molecule has 0 radical (unpaired) electrons. The molecule has 0 saturated carbocycles. The Balaban J connectivity index is 2.33. The highest BCUT2D eigenvalue weighted by atomic mass is 16.4. The number of fused-ring (bicyclic) bond motifs is 1. The van der Waals surface area contributed by atoms with Crippen molar-refractivity contribution < 1.29 is 49.2 Å². The molecular formula is C24H31N5O10. The predicted molar refractivity (Wildman–Crippen MR) is 134 cm³/mol. The highest BCUT2D eigenvalue weighted by Gasteiger charge is 2.31. The number of nitrogens with two attached hydrogens (primary N) is 1. The van der Waals surface area contributed by atoms with E-state index in [0.717, 1.165) is 10.9 Å². The van der Waals surface area contributed by atoms with Gasteiger partial charge in [0.2, 0.25) is 17.7 Å². The summed E-state index contributed by atoms with van der Waals surface area (Å²) in [6, 6.07) is 1.26. The first-order valence-electron chi connectivity index (χ1n) is 11.9. The van der Waals surface area contributed by atoms with Crippen LogP contribution in [0.4, 0.5) is 0 Å². The predicted octanol–water partition coefficient (Wildman–Crippen LogP) is -1.70. The lowest BCUT2D eigenvalue weighted by Gasteiger charge is -2.25. The van der Waals surface area contributed by atoms with Crippen LogP contribution in [0.3, 0.4) is 0 Å². The Morgan fingerprint density at radius 3 is 1.92 bits per heavy atom. The largest absolute Gasteiger partial charge is 0.481 e. The third kappa shape index (κ3) is 9.39. The minimum atomic E-state index is -1.57. The summed E-state index contributed by atoms with van der Waals surface area (Å²) in [4.78, 5) is 75.1. The molecule has 4 atom stereocenters. The quantitative estimate of drug-likeness (QED) is 0.114. The van der Waals surface area contributed by atoms with Crippen LogP contribution in [0.15, 0.2) is 30.5 Å². The maximum Gasteiger partial charge on any atom is 0.326 e. The van der Waals surface area contributed by atoms with E-state index in [4.69, 9.17) is 21.1 Å². The Morgan fingerprint density at radius 2 is 1.33 bits per heavy atom. The number of nitrogens with one attached hydrogen (secondary N) is 4. The Kier molecular flexibility index (Phi) is 11.4. The number of carboxylic acids is 3. The molecule has 0 fully saturated rings. The van der Waals surface area contributed by atoms with Crippen molar-refractivity contribution in [3.8, 4) is 0 Å². The van der Waals surface area contributed by atoms with E-state index in [2.05, 4.69) is 20.9 Å². The summed E-state index contributed by atoms with van der Waals surface area (Å²) in [5.74, 6) is -6.83. The van der Waals surface area contributed by atoms with Crippen LogP contribution in [0, 0.1) is 0 Å². The van der Waals surface area contributed by atoms with Gasteiger partial charge in [-0.25, -0.2) is 4.79 Å². The zero-order valence-electron chi connectivity index (χ0n) is 20.8. The average Bonchev–Trinajstić information content (AvgIpc) is 3.29. The second-order valence-electron chi connectivity index (χ2n) is 8.74. The number of carboxylic acid groups (broad SMARTS) is 3. The number of aliphatic hydroxyl groups is 1. The van der Waals surface area contributed by atoms with Gasteiger partial charge < -0.3 is 47.1 Å². The minimum absolute atomic E-state index is 0.136. The van der Waals surface area contributed by atoms with Gasteiger partial charge >= 0.3 is 17.9 Å². The van der Waals surface area contributed by atoms with Crippen molar-refractivity contribution in [3.63, 3.8) is 0 Å². The van der Waals surface area contributed by atoms with Crippen LogP contribution in [0.5, 0.6) is 0 Å². The zero-order valence-corrected chi connectivity index (χ0v) is 20.8. The molecular weight excluding hydrogens is 518 g/mol. The molecule has 39 heavy (non-hydrogen) atoms. The number of benzene rings is 1. The smallest absolute Gasteiger partial charge is 0.326 e. The van der Waals surface area contributed by atoms with Gasteiger partial charge in [-0.05, 0) is 24.5 Å². The fourth-order valence-electron chi connectivity index (χ4n) is 3.70. The summed E-state index contributed by atoms with van der Waals surface area (Å²) < 4.78 is 0. The van der Waals surface area contributed by atoms with E-state index in [-0.39, 0.29) is 12.8 Å². The first-order chi connectivity index (χ1) is 18.4. The number of rotatable bonds is 16. The number of carbonyl (C=O) groups is 6. The molecule has 212 valence electrons. The van der Waals surface area contributed by atoms with E-state index >= 15 is 0 Å². The molecule has 0 aliphatic rings. The number of aromatic nitrogens is 1. The molecule has 4 unspecified atom stereocenters. The van der Waals surface area contributed by atoms with Crippen molar-refractivity contribution in [2.45, 2.75) is 56.3 Å². The van der Waals surface area contributed by atoms with E-state index in [0.29, 0.717) is 5.56 Å². The van der Waals surface area contributed by atoms with Crippen molar-refractivity contribution >= 4 is 46.5 Å². The van der Waals surface area contributed by atoms with Gasteiger partial charge in [0.1, 0.15) is 24.2 Å². The van der Waals surface area contributed by atoms with Crippen molar-refractivity contribution in [3.05, 3.63) is 36.0 Å². The summed E-state index contributed by atoms with van der Waals surface area (Å²) in [6.45, 7) is -0.738. The molecule has 1 aromatic heterocycles. The molecule has 15 heteroatoms. The van der Waals surface area contributed by atoms with Gasteiger partial charge in [-0.1, -0.05) is 18.2 Å². The molecule has 0 aliphatic carbocycles. The molecule has 15 nitrogen and oxygen atoms in total. The van der Waals surface area contributed by atoms with Gasteiger partial charge in [0.15, 0.2) is 0 Å². The van der Waals surface area contributed by atoms with Gasteiger partial charge in [0, 0.05) is 36.4 Å². The van der Waals surface area contributed by atoms with Crippen molar-refractivity contribution in [2.24, 2.45) is 5.73 Å². The van der Waals surface area contributed by atoms with Crippen molar-refractivity contribution in [1.82, 2.24) is 20.9 Å². The van der Waals surface area contributed by atoms with Gasteiger partial charge in [-0.2, -0.15) is 0 Å². The first kappa shape index (κ1) is 30.7. The second kappa shape index (κ2) is 14.4. The summed E-state index contributed by atoms with van der Waals surface area (Å²) in [5.41, 5.74) is 6.78. The molecule has 2 aromatic rings. The molecule has 1 aromatic carbocycles. The SMILES string of the molecule is NC(CO)C(=O)NC(CCC(=O)O)C(=O)NC(Cc1c[nH]c2ccccc12)C(=O)NC(CCC(=O)O)C(=O)O. The molecule has 0 spiro atoms. The van der Waals surface area contributed by atoms with Crippen LogP contribution >= 0.6 is 0 Å². The lowest BCUT2D eigenvalue weighted by Crippen LogP contribution is -2.58. The van der Waals surface area contributed by atoms with Gasteiger partial charge in [0.05, 0.1) is 6.61 Å². The maximum absolute atomic E-state index is 13.2. The summed E-state index contributed by atoms with van der Waals surface area (Å²) in [5, 5.41) is 44.1. The molecule has 0 saturated heterocycles. The number of hydrogen-bond acceptors (Lipinski definition) is 8. The lowest BCUT2D eigenvalue weighted by molar-refractivity contribution is -0.143. The number of hydrogen-bond donors (Lipinski definition) is 9. The monoisotopic (exact) mass is 549 g/mol. The third-order valence-corrected chi connectivity index (χ3v) is 5.81. The van der Waals surface area contributed by atoms with Gasteiger partial charge in [-0.15, -0.1) is 0 Å². The molecule has 1 heterocycles. The number of amides is 3. The fourth-order valence-corrected chi connectivity index (χ4v) is 3.70. The molecule has 0 aliphatic heterocycles. The summed E-state index contributed by atoms with van der Waals surface area (Å²) in [7, 11) is 0. The third-order valence-electron chi connectivity index (χ3n) is 5.81. The number of aromatic amines is 1. The van der Waals surface area contributed by atoms with E-state index in [9.17, 15) is 33.9 Å². The topological polar surface area (TPSA) is 261 Å². The van der Waals surface area contributed by atoms with Gasteiger partial charge in [0.25, 0.3) is 0 Å². The molecule has 10 N–H and O–H groups in total. The lowest BCUT2D eigenvalue weighted by atomic mass is 10.0. The van der Waals surface area contributed by atoms with E-state index in [1.807, 2.05) is 0 Å². The number of aliphatic hydroxyl groups excluding tert-OH is 1. The standard InChI is InChI=1S/C24H31N5O10/c25-14(11-30)21(35)27-16(5-7-19(31)32)22(36)29-18(9-12-10-26-15-4-2-1-3-13(12)15)23(37)28-17(24(38)39)6-8-20(33)34/h1-4,10,14,16-18,26,30H,5-9,11,25H2,(H,27,35)(H,28,37)(H,29,36)(H,31,32)(H,33,34)(H,38,39). The van der Waals surface area contributed by atoms with Crippen LogP contribution in [0.2, 0.25) is 0 Å². The van der Waals surface area contributed by atoms with E-state index in [1.165, 1.54) is 0 Å². The molecule has 2 rings (SSSR count). The van der Waals surface area contributed by atoms with Crippen molar-refractivity contribution in [1.29, 1.82) is 0 Å². The van der Waals surface area contributed by atoms with Crippen LogP contribution in [0.25, 0.3) is 10.9 Å². The summed E-state index contributed by atoms with van der Waals surface area (Å²) >= 11 is 0. The summed E-state index contributed by atoms with van der Waals surface area (Å²) in [6.07, 6.45) is -0.389. The van der Waals surface area contributed by atoms with E-state index < -0.39 is 85.7 Å². The van der Waals surface area contributed by atoms with Crippen LogP contribution in [0.1, 0.15) is 31.2 Å². The van der Waals surface area contributed by atoms with Crippen molar-refractivity contribution in [2.75, 3.05) is 6.61 Å². The molecule has 0 bridgehead atoms. The fraction of sp³-hybridized carbons (Fsp3) is 0.417. The number of H-pyrrole nitrogens is 1. The Labute approximate surface area is 221 Å². The van der Waals surface area contributed by atoms with E-state index in [1.54, 1.807) is 30.5 Å². The van der Waals surface area contributed by atoms with Crippen LogP contribution < -0.4 is 21.7 Å². The number of aliphatic carboxylic acids is 3.